The molecule has 0 N–H and O–H groups in total. The molecule has 152 valence electrons. The van der Waals surface area contributed by atoms with E-state index in [1.54, 1.807) is 11.0 Å². The van der Waals surface area contributed by atoms with Crippen LogP contribution >= 0.6 is 0 Å². The highest BCUT2D eigenvalue weighted by atomic mass is 16.6. The molecular formula is C22H30N2O4. The quantitative estimate of drug-likeness (QED) is 0.750. The van der Waals surface area contributed by atoms with Gasteiger partial charge in [-0.25, -0.2) is 9.59 Å². The average molecular weight is 386 g/mol. The number of hydrogen-bond acceptors (Lipinski definition) is 5. The summed E-state index contributed by atoms with van der Waals surface area (Å²) in [7, 11) is 0. The van der Waals surface area contributed by atoms with Crippen molar-refractivity contribution < 1.29 is 13.9 Å². The van der Waals surface area contributed by atoms with E-state index < -0.39 is 0 Å². The maximum Gasteiger partial charge on any atom is 0.409 e. The van der Waals surface area contributed by atoms with Crippen molar-refractivity contribution in [1.82, 2.24) is 9.80 Å². The number of amides is 1. The minimum atomic E-state index is -0.315. The second-order valence-corrected chi connectivity index (χ2v) is 8.06. The number of rotatable bonds is 4. The number of carbonyl (C=O) groups excluding carboxylic acids is 1. The van der Waals surface area contributed by atoms with Crippen molar-refractivity contribution in [2.45, 2.75) is 40.7 Å². The minimum absolute atomic E-state index is 0.229. The fourth-order valence-electron chi connectivity index (χ4n) is 3.54. The summed E-state index contributed by atoms with van der Waals surface area (Å²) in [6, 6.07) is 5.69. The van der Waals surface area contributed by atoms with Crippen LogP contribution in [0.5, 0.6) is 0 Å². The largest absolute Gasteiger partial charge is 0.449 e. The standard InChI is InChI=1S/C22H30N2O4/c1-15(2)14-27-22(26)24-9-5-8-23(10-11-24)13-18-12-20(25)28-21-17(4)16(3)6-7-19(18)21/h6-7,12,15H,5,8-11,13-14H2,1-4H3. The van der Waals surface area contributed by atoms with Gasteiger partial charge in [-0.1, -0.05) is 26.0 Å². The van der Waals surface area contributed by atoms with E-state index in [-0.39, 0.29) is 11.7 Å². The summed E-state index contributed by atoms with van der Waals surface area (Å²) in [4.78, 5) is 28.4. The minimum Gasteiger partial charge on any atom is -0.449 e. The highest BCUT2D eigenvalue weighted by Gasteiger charge is 2.21. The molecule has 3 rings (SSSR count). The van der Waals surface area contributed by atoms with Crippen LogP contribution in [0.25, 0.3) is 11.0 Å². The summed E-state index contributed by atoms with van der Waals surface area (Å²) >= 11 is 0. The lowest BCUT2D eigenvalue weighted by Gasteiger charge is -2.22. The molecule has 1 aliphatic rings. The van der Waals surface area contributed by atoms with Crippen molar-refractivity contribution >= 4 is 17.1 Å². The molecule has 0 radical (unpaired) electrons. The normalized spacial score (nSPS) is 15.8. The SMILES string of the molecule is Cc1ccc2c(CN3CCCN(C(=O)OCC(C)C)CC3)cc(=O)oc2c1C. The molecule has 1 aliphatic heterocycles. The molecule has 0 atom stereocenters. The van der Waals surface area contributed by atoms with E-state index in [9.17, 15) is 9.59 Å². The maximum atomic E-state index is 12.2. The number of carbonyl (C=O) groups is 1. The number of fused-ring (bicyclic) bond motifs is 1. The van der Waals surface area contributed by atoms with Gasteiger partial charge in [-0.2, -0.15) is 0 Å². The van der Waals surface area contributed by atoms with E-state index >= 15 is 0 Å². The molecule has 2 heterocycles. The molecule has 2 aromatic rings. The van der Waals surface area contributed by atoms with Crippen molar-refractivity contribution in [2.75, 3.05) is 32.8 Å². The Bertz CT molecular complexity index is 903. The summed E-state index contributed by atoms with van der Waals surface area (Å²) in [5.41, 5.74) is 3.45. The molecule has 0 saturated carbocycles. The molecule has 6 nitrogen and oxygen atoms in total. The van der Waals surface area contributed by atoms with Crippen LogP contribution < -0.4 is 5.63 Å². The van der Waals surface area contributed by atoms with E-state index in [4.69, 9.17) is 9.15 Å². The van der Waals surface area contributed by atoms with Crippen molar-refractivity contribution in [1.29, 1.82) is 0 Å². The number of benzene rings is 1. The molecule has 0 spiro atoms. The van der Waals surface area contributed by atoms with Crippen LogP contribution in [-0.4, -0.2) is 48.7 Å². The Morgan fingerprint density at radius 1 is 1.18 bits per heavy atom. The Hall–Kier alpha value is -2.34. The first kappa shape index (κ1) is 20.4. The third kappa shape index (κ3) is 4.73. The van der Waals surface area contributed by atoms with E-state index in [1.807, 2.05) is 33.8 Å². The van der Waals surface area contributed by atoms with Crippen LogP contribution in [0, 0.1) is 19.8 Å². The average Bonchev–Trinajstić information content (AvgIpc) is 2.89. The van der Waals surface area contributed by atoms with Crippen LogP contribution in [0.3, 0.4) is 0 Å². The van der Waals surface area contributed by atoms with Gasteiger partial charge in [-0.05, 0) is 42.9 Å². The number of hydrogen-bond donors (Lipinski definition) is 0. The predicted molar refractivity (Wildman–Crippen MR) is 110 cm³/mol. The molecule has 0 aliphatic carbocycles. The first-order chi connectivity index (χ1) is 13.3. The molecular weight excluding hydrogens is 356 g/mol. The van der Waals surface area contributed by atoms with Gasteiger partial charge in [0.1, 0.15) is 5.58 Å². The number of aryl methyl sites for hydroxylation is 2. The molecule has 1 fully saturated rings. The lowest BCUT2D eigenvalue weighted by molar-refractivity contribution is 0.0930. The van der Waals surface area contributed by atoms with Gasteiger partial charge in [0.25, 0.3) is 0 Å². The number of ether oxygens (including phenoxy) is 1. The molecule has 6 heteroatoms. The fraction of sp³-hybridized carbons (Fsp3) is 0.545. The highest BCUT2D eigenvalue weighted by Crippen LogP contribution is 2.24. The van der Waals surface area contributed by atoms with Crippen molar-refractivity contribution in [3.63, 3.8) is 0 Å². The summed E-state index contributed by atoms with van der Waals surface area (Å²) < 4.78 is 10.8. The van der Waals surface area contributed by atoms with Crippen molar-refractivity contribution in [3.05, 3.63) is 45.3 Å². The van der Waals surface area contributed by atoms with Gasteiger partial charge in [-0.15, -0.1) is 0 Å². The Balaban J connectivity index is 1.72. The fourth-order valence-corrected chi connectivity index (χ4v) is 3.54. The van der Waals surface area contributed by atoms with Crippen LogP contribution in [0.4, 0.5) is 4.79 Å². The Morgan fingerprint density at radius 3 is 2.71 bits per heavy atom. The smallest absolute Gasteiger partial charge is 0.409 e. The van der Waals surface area contributed by atoms with Gasteiger partial charge >= 0.3 is 11.7 Å². The number of nitrogens with zero attached hydrogens (tertiary/aromatic N) is 2. The third-order valence-electron chi connectivity index (χ3n) is 5.30. The zero-order valence-electron chi connectivity index (χ0n) is 17.3. The summed E-state index contributed by atoms with van der Waals surface area (Å²) in [5, 5.41) is 0.986. The van der Waals surface area contributed by atoms with E-state index in [1.165, 1.54) is 0 Å². The Morgan fingerprint density at radius 2 is 1.96 bits per heavy atom. The molecule has 1 aromatic heterocycles. The first-order valence-corrected chi connectivity index (χ1v) is 10.0. The van der Waals surface area contributed by atoms with E-state index in [2.05, 4.69) is 11.0 Å². The lowest BCUT2D eigenvalue weighted by atomic mass is 10.0. The van der Waals surface area contributed by atoms with Gasteiger partial charge in [0, 0.05) is 44.2 Å². The van der Waals surface area contributed by atoms with Crippen LogP contribution in [0.15, 0.2) is 27.4 Å². The van der Waals surface area contributed by atoms with Gasteiger partial charge < -0.3 is 14.1 Å². The van der Waals surface area contributed by atoms with Crippen molar-refractivity contribution in [3.8, 4) is 0 Å². The summed E-state index contributed by atoms with van der Waals surface area (Å²) in [5.74, 6) is 0.331. The van der Waals surface area contributed by atoms with Crippen LogP contribution in [-0.2, 0) is 11.3 Å². The molecule has 1 saturated heterocycles. The Kier molecular flexibility index (Phi) is 6.39. The predicted octanol–water partition coefficient (Wildman–Crippen LogP) is 3.71. The molecule has 1 aromatic carbocycles. The molecule has 28 heavy (non-hydrogen) atoms. The van der Waals surface area contributed by atoms with E-state index in [0.717, 1.165) is 41.6 Å². The van der Waals surface area contributed by atoms with Gasteiger partial charge in [0.05, 0.1) is 6.61 Å². The van der Waals surface area contributed by atoms with Crippen LogP contribution in [0.1, 0.15) is 37.0 Å². The van der Waals surface area contributed by atoms with Gasteiger partial charge in [0.15, 0.2) is 0 Å². The van der Waals surface area contributed by atoms with Crippen molar-refractivity contribution in [2.24, 2.45) is 5.92 Å². The zero-order chi connectivity index (χ0) is 20.3. The third-order valence-corrected chi connectivity index (χ3v) is 5.30. The highest BCUT2D eigenvalue weighted by molar-refractivity contribution is 5.83. The summed E-state index contributed by atoms with van der Waals surface area (Å²) in [6.45, 7) is 12.1. The Labute approximate surface area is 166 Å². The second kappa shape index (κ2) is 8.78. The molecule has 1 amide bonds. The zero-order valence-corrected chi connectivity index (χ0v) is 17.3. The molecule has 0 bridgehead atoms. The van der Waals surface area contributed by atoms with Crippen LogP contribution in [0.2, 0.25) is 0 Å². The summed E-state index contributed by atoms with van der Waals surface area (Å²) in [6.07, 6.45) is 0.654. The first-order valence-electron chi connectivity index (χ1n) is 10.0. The van der Waals surface area contributed by atoms with Gasteiger partial charge in [0.2, 0.25) is 0 Å². The monoisotopic (exact) mass is 386 g/mol. The van der Waals surface area contributed by atoms with E-state index in [0.29, 0.717) is 37.7 Å². The van der Waals surface area contributed by atoms with Gasteiger partial charge in [-0.3, -0.25) is 4.90 Å². The second-order valence-electron chi connectivity index (χ2n) is 8.06. The topological polar surface area (TPSA) is 63.0 Å². The maximum absolute atomic E-state index is 12.2. The lowest BCUT2D eigenvalue weighted by Crippen LogP contribution is -2.36. The molecule has 0 unspecified atom stereocenters.